The summed E-state index contributed by atoms with van der Waals surface area (Å²) >= 11 is 0. The molecular weight excluding hydrogens is 368 g/mol. The number of hydrogen-bond acceptors (Lipinski definition) is 5. The molecule has 0 spiro atoms. The van der Waals surface area contributed by atoms with E-state index in [2.05, 4.69) is 15.4 Å². The van der Waals surface area contributed by atoms with Crippen molar-refractivity contribution in [3.05, 3.63) is 72.6 Å². The van der Waals surface area contributed by atoms with Crippen molar-refractivity contribution in [3.8, 4) is 17.2 Å². The number of nitrogens with zero attached hydrogens (tertiary/aromatic N) is 3. The number of carbonyl (C=O) groups excluding carboxylic acids is 1. The van der Waals surface area contributed by atoms with Gasteiger partial charge in [0.1, 0.15) is 6.61 Å². The number of para-hydroxylation sites is 3. The zero-order valence-corrected chi connectivity index (χ0v) is 15.7. The molecule has 2 aromatic carbocycles. The molecule has 0 saturated heterocycles. The Bertz CT molecular complexity index is 1200. The molecule has 2 aromatic heterocycles. The van der Waals surface area contributed by atoms with Crippen molar-refractivity contribution < 1.29 is 14.3 Å². The van der Waals surface area contributed by atoms with Gasteiger partial charge in [0.25, 0.3) is 5.91 Å². The third kappa shape index (κ3) is 3.16. The highest BCUT2D eigenvalue weighted by atomic mass is 16.6. The van der Waals surface area contributed by atoms with Crippen LogP contribution < -0.4 is 14.8 Å². The molecule has 1 N–H and O–H groups in total. The summed E-state index contributed by atoms with van der Waals surface area (Å²) in [5.41, 5.74) is 3.08. The van der Waals surface area contributed by atoms with E-state index in [1.54, 1.807) is 16.9 Å². The molecule has 1 unspecified atom stereocenters. The Morgan fingerprint density at radius 3 is 2.69 bits per heavy atom. The number of amides is 1. The average Bonchev–Trinajstić information content (AvgIpc) is 3.10. The number of fused-ring (bicyclic) bond motifs is 2. The van der Waals surface area contributed by atoms with E-state index in [0.29, 0.717) is 17.2 Å². The summed E-state index contributed by atoms with van der Waals surface area (Å²) in [5, 5.41) is 8.33. The quantitative estimate of drug-likeness (QED) is 0.583. The Kier molecular flexibility index (Phi) is 4.13. The molecule has 0 bridgehead atoms. The van der Waals surface area contributed by atoms with Crippen LogP contribution >= 0.6 is 0 Å². The maximum absolute atomic E-state index is 12.7. The van der Waals surface area contributed by atoms with Gasteiger partial charge in [0, 0.05) is 5.39 Å². The Morgan fingerprint density at radius 1 is 1.10 bits per heavy atom. The van der Waals surface area contributed by atoms with Gasteiger partial charge in [-0.3, -0.25) is 4.79 Å². The van der Waals surface area contributed by atoms with Crippen molar-refractivity contribution in [1.29, 1.82) is 0 Å². The zero-order chi connectivity index (χ0) is 19.8. The van der Waals surface area contributed by atoms with E-state index >= 15 is 0 Å². The van der Waals surface area contributed by atoms with Crippen LogP contribution in [0.2, 0.25) is 0 Å². The normalized spacial score (nSPS) is 15.3. The molecule has 0 aliphatic carbocycles. The van der Waals surface area contributed by atoms with Crippen molar-refractivity contribution >= 4 is 22.6 Å². The molecule has 3 heterocycles. The van der Waals surface area contributed by atoms with Crippen LogP contribution in [0.4, 0.5) is 5.69 Å². The number of pyridine rings is 1. The van der Waals surface area contributed by atoms with Crippen LogP contribution in [0.25, 0.3) is 16.7 Å². The SMILES string of the molecule is Cc1nn(-c2ccccc2)c2ncc(NC(=O)C3COc4ccccc4O3)cc12. The lowest BCUT2D eigenvalue weighted by atomic mass is 10.2. The first-order chi connectivity index (χ1) is 14.2. The van der Waals surface area contributed by atoms with Crippen LogP contribution in [0.5, 0.6) is 11.5 Å². The number of aryl methyl sites for hydroxylation is 1. The van der Waals surface area contributed by atoms with Crippen LogP contribution in [0, 0.1) is 6.92 Å². The Hall–Kier alpha value is -3.87. The standard InChI is InChI=1S/C22H18N4O3/c1-14-17-11-15(12-23-21(17)26(25-14)16-7-3-2-4-8-16)24-22(27)20-13-28-18-9-5-6-10-19(18)29-20/h2-12,20H,13H2,1H3,(H,24,27). The molecule has 7 nitrogen and oxygen atoms in total. The van der Waals surface area contributed by atoms with Gasteiger partial charge in [-0.2, -0.15) is 5.10 Å². The van der Waals surface area contributed by atoms with E-state index in [1.165, 1.54) is 0 Å². The van der Waals surface area contributed by atoms with Gasteiger partial charge in [-0.05, 0) is 37.3 Å². The lowest BCUT2D eigenvalue weighted by Crippen LogP contribution is -2.40. The van der Waals surface area contributed by atoms with Gasteiger partial charge in [0.2, 0.25) is 6.10 Å². The maximum Gasteiger partial charge on any atom is 0.269 e. The molecule has 7 heteroatoms. The van der Waals surface area contributed by atoms with Gasteiger partial charge in [-0.25, -0.2) is 9.67 Å². The number of rotatable bonds is 3. The van der Waals surface area contributed by atoms with E-state index < -0.39 is 6.10 Å². The number of ether oxygens (including phenoxy) is 2. The molecule has 0 fully saturated rings. The minimum absolute atomic E-state index is 0.156. The van der Waals surface area contributed by atoms with Gasteiger partial charge in [0.05, 0.1) is 23.3 Å². The summed E-state index contributed by atoms with van der Waals surface area (Å²) < 4.78 is 13.2. The van der Waals surface area contributed by atoms with Crippen LogP contribution in [-0.2, 0) is 4.79 Å². The second kappa shape index (κ2) is 6.94. The van der Waals surface area contributed by atoms with Gasteiger partial charge < -0.3 is 14.8 Å². The summed E-state index contributed by atoms with van der Waals surface area (Å²) in [5.74, 6) is 0.921. The van der Waals surface area contributed by atoms with Gasteiger partial charge in [-0.1, -0.05) is 30.3 Å². The zero-order valence-electron chi connectivity index (χ0n) is 15.7. The topological polar surface area (TPSA) is 78.3 Å². The van der Waals surface area contributed by atoms with Crippen LogP contribution in [0.15, 0.2) is 66.9 Å². The van der Waals surface area contributed by atoms with Crippen LogP contribution in [-0.4, -0.2) is 33.4 Å². The van der Waals surface area contributed by atoms with Crippen molar-refractivity contribution in [2.75, 3.05) is 11.9 Å². The Balaban J connectivity index is 1.39. The number of aromatic nitrogens is 3. The Morgan fingerprint density at radius 2 is 1.86 bits per heavy atom. The highest BCUT2D eigenvalue weighted by Crippen LogP contribution is 2.31. The third-order valence-corrected chi connectivity index (χ3v) is 4.78. The first-order valence-electron chi connectivity index (χ1n) is 9.29. The van der Waals surface area contributed by atoms with Crippen molar-refractivity contribution in [1.82, 2.24) is 14.8 Å². The largest absolute Gasteiger partial charge is 0.485 e. The average molecular weight is 386 g/mol. The summed E-state index contributed by atoms with van der Waals surface area (Å²) in [6.07, 6.45) is 0.895. The molecule has 5 rings (SSSR count). The second-order valence-electron chi connectivity index (χ2n) is 6.78. The molecule has 4 aromatic rings. The summed E-state index contributed by atoms with van der Waals surface area (Å²) in [7, 11) is 0. The van der Waals surface area contributed by atoms with E-state index in [-0.39, 0.29) is 12.5 Å². The predicted molar refractivity (Wildman–Crippen MR) is 109 cm³/mol. The molecule has 1 aliphatic rings. The molecule has 1 atom stereocenters. The molecule has 1 amide bonds. The van der Waals surface area contributed by atoms with E-state index in [1.807, 2.05) is 61.5 Å². The minimum atomic E-state index is -0.728. The molecular formula is C22H18N4O3. The molecule has 1 aliphatic heterocycles. The highest BCUT2D eigenvalue weighted by molar-refractivity contribution is 5.96. The van der Waals surface area contributed by atoms with E-state index in [0.717, 1.165) is 22.4 Å². The lowest BCUT2D eigenvalue weighted by Gasteiger charge is -2.25. The first-order valence-corrected chi connectivity index (χ1v) is 9.29. The summed E-state index contributed by atoms with van der Waals surface area (Å²) in [6.45, 7) is 2.08. The number of hydrogen-bond donors (Lipinski definition) is 1. The molecule has 29 heavy (non-hydrogen) atoms. The monoisotopic (exact) mass is 386 g/mol. The van der Waals surface area contributed by atoms with Crippen molar-refractivity contribution in [2.24, 2.45) is 0 Å². The number of anilines is 1. The lowest BCUT2D eigenvalue weighted by molar-refractivity contribution is -0.125. The number of carbonyl (C=O) groups is 1. The second-order valence-corrected chi connectivity index (χ2v) is 6.78. The van der Waals surface area contributed by atoms with Crippen LogP contribution in [0.1, 0.15) is 5.69 Å². The Labute approximate surface area is 166 Å². The first kappa shape index (κ1) is 17.2. The minimum Gasteiger partial charge on any atom is -0.485 e. The summed E-state index contributed by atoms with van der Waals surface area (Å²) in [6, 6.07) is 19.0. The number of nitrogens with one attached hydrogen (secondary N) is 1. The molecule has 0 radical (unpaired) electrons. The predicted octanol–water partition coefficient (Wildman–Crippen LogP) is 3.51. The fourth-order valence-electron chi connectivity index (χ4n) is 3.33. The molecule has 144 valence electrons. The maximum atomic E-state index is 12.7. The van der Waals surface area contributed by atoms with Crippen LogP contribution in [0.3, 0.4) is 0 Å². The van der Waals surface area contributed by atoms with E-state index in [4.69, 9.17) is 9.47 Å². The fraction of sp³-hybridized carbons (Fsp3) is 0.136. The van der Waals surface area contributed by atoms with Gasteiger partial charge in [0.15, 0.2) is 17.1 Å². The third-order valence-electron chi connectivity index (χ3n) is 4.78. The van der Waals surface area contributed by atoms with Crippen molar-refractivity contribution in [2.45, 2.75) is 13.0 Å². The van der Waals surface area contributed by atoms with Crippen molar-refractivity contribution in [3.63, 3.8) is 0 Å². The smallest absolute Gasteiger partial charge is 0.269 e. The molecule has 0 saturated carbocycles. The van der Waals surface area contributed by atoms with Gasteiger partial charge in [-0.15, -0.1) is 0 Å². The van der Waals surface area contributed by atoms with E-state index in [9.17, 15) is 4.79 Å². The number of benzene rings is 2. The fourth-order valence-corrected chi connectivity index (χ4v) is 3.33. The summed E-state index contributed by atoms with van der Waals surface area (Å²) in [4.78, 5) is 17.2. The van der Waals surface area contributed by atoms with Gasteiger partial charge >= 0.3 is 0 Å². The highest BCUT2D eigenvalue weighted by Gasteiger charge is 2.27.